The first kappa shape index (κ1) is 12.3. The molecule has 0 radical (unpaired) electrons. The zero-order chi connectivity index (χ0) is 12.3. The lowest BCUT2D eigenvalue weighted by molar-refractivity contribution is 0.726. The monoisotopic (exact) mass is 234 g/mol. The van der Waals surface area contributed by atoms with Crippen LogP contribution in [0.2, 0.25) is 0 Å². The summed E-state index contributed by atoms with van der Waals surface area (Å²) in [6.45, 7) is 6.75. The summed E-state index contributed by atoms with van der Waals surface area (Å²) in [4.78, 5) is 11.5. The van der Waals surface area contributed by atoms with E-state index in [0.717, 1.165) is 36.0 Å². The number of rotatable bonds is 2. The Bertz CT molecular complexity index is 358. The quantitative estimate of drug-likeness (QED) is 0.849. The number of hydrogen-bond acceptors (Lipinski definition) is 4. The third-order valence-corrected chi connectivity index (χ3v) is 3.50. The molecule has 1 aliphatic rings. The zero-order valence-electron chi connectivity index (χ0n) is 10.9. The van der Waals surface area contributed by atoms with E-state index in [4.69, 9.17) is 5.73 Å². The van der Waals surface area contributed by atoms with Crippen LogP contribution in [0.3, 0.4) is 0 Å². The van der Waals surface area contributed by atoms with Crippen molar-refractivity contribution in [1.82, 2.24) is 9.97 Å². The smallest absolute Gasteiger partial charge is 0.225 e. The van der Waals surface area contributed by atoms with Gasteiger partial charge in [0.25, 0.3) is 0 Å². The average Bonchev–Trinajstić information content (AvgIpc) is 2.57. The van der Waals surface area contributed by atoms with Crippen molar-refractivity contribution in [3.8, 4) is 0 Å². The van der Waals surface area contributed by atoms with Crippen LogP contribution in [-0.2, 0) is 6.54 Å². The molecule has 1 saturated heterocycles. The second kappa shape index (κ2) is 5.45. The van der Waals surface area contributed by atoms with E-state index in [2.05, 4.69) is 14.9 Å². The van der Waals surface area contributed by atoms with Gasteiger partial charge in [-0.3, -0.25) is 0 Å². The predicted octanol–water partition coefficient (Wildman–Crippen LogP) is 1.93. The largest absolute Gasteiger partial charge is 0.341 e. The highest BCUT2D eigenvalue weighted by atomic mass is 15.2. The van der Waals surface area contributed by atoms with Crippen LogP contribution in [0.5, 0.6) is 0 Å². The molecule has 0 spiro atoms. The minimum atomic E-state index is 0.526. The van der Waals surface area contributed by atoms with Crippen LogP contribution < -0.4 is 10.6 Å². The molecule has 1 aromatic heterocycles. The van der Waals surface area contributed by atoms with Crippen molar-refractivity contribution < 1.29 is 0 Å². The van der Waals surface area contributed by atoms with Gasteiger partial charge in [-0.15, -0.1) is 0 Å². The van der Waals surface area contributed by atoms with Gasteiger partial charge in [0.1, 0.15) is 0 Å². The molecule has 2 heterocycles. The van der Waals surface area contributed by atoms with Crippen molar-refractivity contribution in [1.29, 1.82) is 0 Å². The number of nitrogens with zero attached hydrogens (tertiary/aromatic N) is 3. The number of aryl methyl sites for hydroxylation is 2. The lowest BCUT2D eigenvalue weighted by atomic mass is 10.2. The first-order chi connectivity index (χ1) is 8.22. The first-order valence-corrected chi connectivity index (χ1v) is 6.51. The van der Waals surface area contributed by atoms with Crippen LogP contribution in [0, 0.1) is 13.8 Å². The van der Waals surface area contributed by atoms with Gasteiger partial charge < -0.3 is 10.6 Å². The highest BCUT2D eigenvalue weighted by Crippen LogP contribution is 2.18. The summed E-state index contributed by atoms with van der Waals surface area (Å²) in [7, 11) is 0. The van der Waals surface area contributed by atoms with Gasteiger partial charge in [0.2, 0.25) is 5.95 Å². The van der Waals surface area contributed by atoms with E-state index in [1.807, 2.05) is 13.8 Å². The average molecular weight is 234 g/mol. The van der Waals surface area contributed by atoms with Gasteiger partial charge in [-0.2, -0.15) is 0 Å². The molecular weight excluding hydrogens is 212 g/mol. The topological polar surface area (TPSA) is 55.0 Å². The summed E-state index contributed by atoms with van der Waals surface area (Å²) in [6.07, 6.45) is 5.16. The SMILES string of the molecule is Cc1nc(N2CCCCCC2)nc(C)c1CN. The van der Waals surface area contributed by atoms with E-state index < -0.39 is 0 Å². The lowest BCUT2D eigenvalue weighted by Gasteiger charge is -2.21. The number of nitrogens with two attached hydrogens (primary N) is 1. The van der Waals surface area contributed by atoms with Crippen LogP contribution in [0.15, 0.2) is 0 Å². The molecule has 0 atom stereocenters. The number of anilines is 1. The van der Waals surface area contributed by atoms with Gasteiger partial charge in [-0.25, -0.2) is 9.97 Å². The van der Waals surface area contributed by atoms with Gasteiger partial charge in [0.15, 0.2) is 0 Å². The van der Waals surface area contributed by atoms with Crippen LogP contribution in [0.25, 0.3) is 0 Å². The summed E-state index contributed by atoms with van der Waals surface area (Å²) >= 11 is 0. The third-order valence-electron chi connectivity index (χ3n) is 3.50. The van der Waals surface area contributed by atoms with Crippen LogP contribution >= 0.6 is 0 Å². The van der Waals surface area contributed by atoms with Gasteiger partial charge in [0.05, 0.1) is 0 Å². The lowest BCUT2D eigenvalue weighted by Crippen LogP contribution is -2.27. The summed E-state index contributed by atoms with van der Waals surface area (Å²) in [5.41, 5.74) is 8.85. The van der Waals surface area contributed by atoms with E-state index in [1.54, 1.807) is 0 Å². The second-order valence-corrected chi connectivity index (χ2v) is 4.78. The van der Waals surface area contributed by atoms with Gasteiger partial charge >= 0.3 is 0 Å². The summed E-state index contributed by atoms with van der Waals surface area (Å²) < 4.78 is 0. The Morgan fingerprint density at radius 3 is 2.00 bits per heavy atom. The van der Waals surface area contributed by atoms with E-state index in [9.17, 15) is 0 Å². The van der Waals surface area contributed by atoms with Gasteiger partial charge in [-0.1, -0.05) is 12.8 Å². The Balaban J connectivity index is 2.26. The molecule has 2 N–H and O–H groups in total. The Morgan fingerprint density at radius 1 is 1.00 bits per heavy atom. The molecule has 0 saturated carbocycles. The fraction of sp³-hybridized carbons (Fsp3) is 0.692. The van der Waals surface area contributed by atoms with Crippen molar-refractivity contribution in [2.45, 2.75) is 46.1 Å². The Labute approximate surface area is 103 Å². The van der Waals surface area contributed by atoms with Gasteiger partial charge in [-0.05, 0) is 26.7 Å². The molecule has 1 aliphatic heterocycles. The normalized spacial score (nSPS) is 17.0. The highest BCUT2D eigenvalue weighted by Gasteiger charge is 2.14. The van der Waals surface area contributed by atoms with E-state index in [0.29, 0.717) is 6.54 Å². The van der Waals surface area contributed by atoms with E-state index >= 15 is 0 Å². The highest BCUT2D eigenvalue weighted by molar-refractivity contribution is 5.36. The maximum absolute atomic E-state index is 5.71. The predicted molar refractivity (Wildman–Crippen MR) is 70.1 cm³/mol. The number of hydrogen-bond donors (Lipinski definition) is 1. The summed E-state index contributed by atoms with van der Waals surface area (Å²) in [5, 5.41) is 0. The maximum Gasteiger partial charge on any atom is 0.225 e. The van der Waals surface area contributed by atoms with Crippen LogP contribution in [-0.4, -0.2) is 23.1 Å². The molecule has 0 bridgehead atoms. The van der Waals surface area contributed by atoms with Crippen molar-refractivity contribution in [2.24, 2.45) is 5.73 Å². The van der Waals surface area contributed by atoms with E-state index in [-0.39, 0.29) is 0 Å². The molecule has 4 heteroatoms. The van der Waals surface area contributed by atoms with Crippen LogP contribution in [0.1, 0.15) is 42.6 Å². The minimum absolute atomic E-state index is 0.526. The molecule has 0 unspecified atom stereocenters. The Hall–Kier alpha value is -1.16. The zero-order valence-corrected chi connectivity index (χ0v) is 10.9. The molecule has 1 fully saturated rings. The Kier molecular flexibility index (Phi) is 3.94. The van der Waals surface area contributed by atoms with Crippen LogP contribution in [0.4, 0.5) is 5.95 Å². The molecule has 94 valence electrons. The molecule has 0 aliphatic carbocycles. The number of aromatic nitrogens is 2. The summed E-state index contributed by atoms with van der Waals surface area (Å²) in [6, 6.07) is 0. The molecule has 0 aromatic carbocycles. The molecular formula is C13H22N4. The molecule has 1 aromatic rings. The second-order valence-electron chi connectivity index (χ2n) is 4.78. The maximum atomic E-state index is 5.71. The summed E-state index contributed by atoms with van der Waals surface area (Å²) in [5.74, 6) is 0.888. The fourth-order valence-corrected chi connectivity index (χ4v) is 2.43. The Morgan fingerprint density at radius 2 is 1.53 bits per heavy atom. The standard InChI is InChI=1S/C13H22N4/c1-10-12(9-14)11(2)16-13(15-10)17-7-5-3-4-6-8-17/h3-9,14H2,1-2H3. The first-order valence-electron chi connectivity index (χ1n) is 6.51. The molecule has 17 heavy (non-hydrogen) atoms. The third kappa shape index (κ3) is 2.75. The van der Waals surface area contributed by atoms with Crippen molar-refractivity contribution in [2.75, 3.05) is 18.0 Å². The van der Waals surface area contributed by atoms with Gasteiger partial charge in [0, 0.05) is 36.6 Å². The van der Waals surface area contributed by atoms with Crippen molar-refractivity contribution >= 4 is 5.95 Å². The van der Waals surface area contributed by atoms with E-state index in [1.165, 1.54) is 25.7 Å². The van der Waals surface area contributed by atoms with Crippen molar-refractivity contribution in [3.05, 3.63) is 17.0 Å². The molecule has 2 rings (SSSR count). The fourth-order valence-electron chi connectivity index (χ4n) is 2.43. The molecule has 4 nitrogen and oxygen atoms in total. The minimum Gasteiger partial charge on any atom is -0.341 e. The molecule has 0 amide bonds. The van der Waals surface area contributed by atoms with Crippen molar-refractivity contribution in [3.63, 3.8) is 0 Å².